The quantitative estimate of drug-likeness (QED) is 0.202. The predicted molar refractivity (Wildman–Crippen MR) is 211 cm³/mol. The first-order valence-corrected chi connectivity index (χ1v) is 21.8. The summed E-state index contributed by atoms with van der Waals surface area (Å²) in [4.78, 5) is 62.0. The lowest BCUT2D eigenvalue weighted by molar-refractivity contribution is -0.244. The van der Waals surface area contributed by atoms with Gasteiger partial charge in [0.25, 0.3) is 5.91 Å². The molecule has 1 saturated heterocycles. The van der Waals surface area contributed by atoms with E-state index in [0.717, 1.165) is 10.5 Å². The van der Waals surface area contributed by atoms with Crippen LogP contribution in [-0.4, -0.2) is 102 Å². The Balaban J connectivity index is 1.37. The molecule has 0 bridgehead atoms. The summed E-state index contributed by atoms with van der Waals surface area (Å²) in [6, 6.07) is 4.16. The molecule has 1 unspecified atom stereocenters. The van der Waals surface area contributed by atoms with Crippen molar-refractivity contribution in [2.45, 2.75) is 133 Å². The van der Waals surface area contributed by atoms with Crippen LogP contribution >= 0.6 is 0 Å². The Labute approximate surface area is 346 Å². The van der Waals surface area contributed by atoms with Crippen LogP contribution in [0.4, 0.5) is 22.4 Å². The van der Waals surface area contributed by atoms with Gasteiger partial charge in [-0.3, -0.25) is 19.1 Å². The van der Waals surface area contributed by atoms with Crippen LogP contribution in [0.25, 0.3) is 10.8 Å². The SMILES string of the molecule is Cc1cccc2c(O[C@@H]3C[C@H]4C(=O)N[C@]5(C(=O)NS(=O)(=O)C6CC6)C[C@H]5/C=C\CC[C@H](C)C[C@@H](C)[C@H](NC(=O)OC(C)(C)C(F)(F)F)C(=O)N4C3)nc(OCC(C)F)cc12. The number of aryl methyl sites for hydroxylation is 1. The lowest BCUT2D eigenvalue weighted by atomic mass is 9.88. The number of aromatic nitrogens is 1. The number of nitrogens with one attached hydrogen (secondary N) is 3. The lowest BCUT2D eigenvalue weighted by Gasteiger charge is -2.34. The van der Waals surface area contributed by atoms with Crippen LogP contribution in [0.2, 0.25) is 0 Å². The first kappa shape index (κ1) is 44.9. The van der Waals surface area contributed by atoms with Crippen LogP contribution in [0.5, 0.6) is 11.8 Å². The number of nitrogens with zero attached hydrogens (tertiary/aromatic N) is 2. The van der Waals surface area contributed by atoms with Crippen molar-refractivity contribution in [3.63, 3.8) is 0 Å². The first-order valence-electron chi connectivity index (χ1n) is 20.3. The Morgan fingerprint density at radius 3 is 2.48 bits per heavy atom. The van der Waals surface area contributed by atoms with E-state index < -0.39 is 92.6 Å². The largest absolute Gasteiger partial charge is 0.474 e. The van der Waals surface area contributed by atoms with E-state index in [1.54, 1.807) is 31.2 Å². The van der Waals surface area contributed by atoms with E-state index in [-0.39, 0.29) is 43.7 Å². The van der Waals surface area contributed by atoms with E-state index in [9.17, 15) is 45.2 Å². The fourth-order valence-electron chi connectivity index (χ4n) is 7.84. The molecule has 0 spiro atoms. The fourth-order valence-corrected chi connectivity index (χ4v) is 9.20. The summed E-state index contributed by atoms with van der Waals surface area (Å²) in [5.74, 6) is -3.73. The molecule has 19 heteroatoms. The number of alkyl carbamates (subject to hydrolysis) is 1. The summed E-state index contributed by atoms with van der Waals surface area (Å²) in [6.07, 6.45) is -2.94. The van der Waals surface area contributed by atoms with Gasteiger partial charge in [0.2, 0.25) is 39.2 Å². The molecule has 2 saturated carbocycles. The highest BCUT2D eigenvalue weighted by atomic mass is 32.2. The fraction of sp³-hybridized carbons (Fsp3) is 0.634. The average Bonchev–Trinajstić information content (AvgIpc) is 4.07. The number of halogens is 4. The van der Waals surface area contributed by atoms with Gasteiger partial charge in [0.05, 0.1) is 11.8 Å². The number of alkyl halides is 4. The molecule has 60 heavy (non-hydrogen) atoms. The van der Waals surface area contributed by atoms with Gasteiger partial charge in [-0.2, -0.15) is 18.2 Å². The minimum Gasteiger partial charge on any atom is -0.474 e. The molecule has 330 valence electrons. The number of carbonyl (C=O) groups excluding carboxylic acids is 4. The van der Waals surface area contributed by atoms with Crippen LogP contribution in [-0.2, 0) is 29.1 Å². The second-order valence-corrected chi connectivity index (χ2v) is 19.3. The third-order valence-electron chi connectivity index (χ3n) is 11.7. The van der Waals surface area contributed by atoms with E-state index in [4.69, 9.17) is 14.2 Å². The number of amides is 4. The van der Waals surface area contributed by atoms with E-state index in [0.29, 0.717) is 56.7 Å². The summed E-state index contributed by atoms with van der Waals surface area (Å²) >= 11 is 0. The van der Waals surface area contributed by atoms with Gasteiger partial charge in [-0.1, -0.05) is 38.1 Å². The summed E-state index contributed by atoms with van der Waals surface area (Å²) in [7, 11) is -4.01. The van der Waals surface area contributed by atoms with Crippen molar-refractivity contribution in [2.24, 2.45) is 17.8 Å². The van der Waals surface area contributed by atoms with Crippen molar-refractivity contribution in [2.75, 3.05) is 13.2 Å². The number of hydrogen-bond donors (Lipinski definition) is 3. The van der Waals surface area contributed by atoms with Crippen LogP contribution in [0, 0.1) is 24.7 Å². The third-order valence-corrected chi connectivity index (χ3v) is 13.5. The van der Waals surface area contributed by atoms with Gasteiger partial charge in [0.1, 0.15) is 36.5 Å². The molecule has 3 N–H and O–H groups in total. The molecule has 8 atom stereocenters. The number of fused-ring (bicyclic) bond motifs is 3. The zero-order valence-corrected chi connectivity index (χ0v) is 35.3. The molecule has 14 nitrogen and oxygen atoms in total. The Morgan fingerprint density at radius 1 is 1.10 bits per heavy atom. The van der Waals surface area contributed by atoms with Crippen molar-refractivity contribution in [3.8, 4) is 11.8 Å². The van der Waals surface area contributed by atoms with E-state index in [2.05, 4.69) is 20.3 Å². The molecule has 2 aliphatic carbocycles. The zero-order chi connectivity index (χ0) is 43.9. The molecule has 1 aromatic carbocycles. The number of allylic oxidation sites excluding steroid dienone is 1. The second-order valence-electron chi connectivity index (χ2n) is 17.3. The van der Waals surface area contributed by atoms with Gasteiger partial charge in [0.15, 0.2) is 0 Å². The van der Waals surface area contributed by atoms with E-state index in [1.807, 2.05) is 26.0 Å². The molecule has 4 amide bonds. The maximum absolute atomic E-state index is 14.8. The van der Waals surface area contributed by atoms with Gasteiger partial charge in [0, 0.05) is 23.8 Å². The molecule has 2 aliphatic heterocycles. The molecule has 3 heterocycles. The average molecular weight is 868 g/mol. The maximum atomic E-state index is 14.8. The minimum absolute atomic E-state index is 0.0571. The molecular formula is C41H53F4N5O9S. The van der Waals surface area contributed by atoms with Crippen LogP contribution in [0.1, 0.15) is 85.1 Å². The Bertz CT molecular complexity index is 2130. The smallest absolute Gasteiger partial charge is 0.427 e. The molecule has 4 aliphatic rings. The van der Waals surface area contributed by atoms with E-state index >= 15 is 0 Å². The normalized spacial score (nSPS) is 28.9. The standard InChI is InChI=1S/C41H53F4N5O9S/c1-22-10-7-8-12-26-19-40(26,37(53)49-60(55,56)28-14-15-28)48-34(51)31-17-27(58-35-29-13-9-11-23(2)30(29)18-32(46-35)57-21-25(4)42)20-50(31)36(52)33(24(3)16-22)47-38(54)59-39(5,6)41(43,44)45/h8-9,11-13,18,22,24-28,31,33H,7,10,14-17,19-21H2,1-6H3,(H,47,54)(H,48,51)(H,49,53)/b12-8-/t22-,24+,25?,26+,27+,31-,33-,40+/m0/s1. The lowest BCUT2D eigenvalue weighted by Crippen LogP contribution is -2.59. The van der Waals surface area contributed by atoms with Gasteiger partial charge in [-0.05, 0) is 95.1 Å². The highest BCUT2D eigenvalue weighted by Crippen LogP contribution is 2.46. The second kappa shape index (κ2) is 17.0. The van der Waals surface area contributed by atoms with Gasteiger partial charge in [-0.25, -0.2) is 17.6 Å². The number of ether oxygens (including phenoxy) is 3. The number of hydrogen-bond acceptors (Lipinski definition) is 10. The molecule has 6 rings (SSSR count). The van der Waals surface area contributed by atoms with Crippen molar-refractivity contribution < 1.29 is 59.4 Å². The summed E-state index contributed by atoms with van der Waals surface area (Å²) in [5, 5.41) is 5.65. The Hall–Kier alpha value is -4.68. The van der Waals surface area contributed by atoms with Gasteiger partial charge < -0.3 is 29.7 Å². The van der Waals surface area contributed by atoms with Crippen LogP contribution in [0.15, 0.2) is 36.4 Å². The summed E-state index contributed by atoms with van der Waals surface area (Å²) < 4.78 is 99.9. The Morgan fingerprint density at radius 2 is 1.82 bits per heavy atom. The van der Waals surface area contributed by atoms with Crippen molar-refractivity contribution in [3.05, 3.63) is 42.0 Å². The van der Waals surface area contributed by atoms with Crippen molar-refractivity contribution >= 4 is 44.6 Å². The zero-order valence-electron chi connectivity index (χ0n) is 34.4. The van der Waals surface area contributed by atoms with Gasteiger partial charge >= 0.3 is 12.3 Å². The first-order chi connectivity index (χ1) is 28.0. The summed E-state index contributed by atoms with van der Waals surface area (Å²) in [5.41, 5.74) is -3.75. The maximum Gasteiger partial charge on any atom is 0.427 e. The number of rotatable bonds is 10. The van der Waals surface area contributed by atoms with Gasteiger partial charge in [-0.15, -0.1) is 0 Å². The molecule has 0 radical (unpaired) electrons. The van der Waals surface area contributed by atoms with Crippen molar-refractivity contribution in [1.82, 2.24) is 25.2 Å². The Kier molecular flexibility index (Phi) is 12.7. The third kappa shape index (κ3) is 9.92. The monoisotopic (exact) mass is 867 g/mol. The number of carbonyl (C=O) groups is 4. The van der Waals surface area contributed by atoms with Crippen molar-refractivity contribution in [1.29, 1.82) is 0 Å². The topological polar surface area (TPSA) is 182 Å². The molecular weight excluding hydrogens is 815 g/mol. The van der Waals surface area contributed by atoms with E-state index in [1.165, 1.54) is 6.92 Å². The molecule has 1 aromatic heterocycles. The predicted octanol–water partition coefficient (Wildman–Crippen LogP) is 5.56. The molecule has 2 aromatic rings. The summed E-state index contributed by atoms with van der Waals surface area (Å²) in [6.45, 7) is 7.55. The minimum atomic E-state index is -4.93. The highest BCUT2D eigenvalue weighted by Gasteiger charge is 2.62. The number of pyridine rings is 1. The van der Waals surface area contributed by atoms with Crippen LogP contribution in [0.3, 0.4) is 0 Å². The molecule has 3 fully saturated rings. The highest BCUT2D eigenvalue weighted by molar-refractivity contribution is 7.91. The number of sulfonamides is 1. The number of benzene rings is 1. The van der Waals surface area contributed by atoms with Crippen LogP contribution < -0.4 is 24.8 Å².